The zero-order chi connectivity index (χ0) is 19.9. The number of rotatable bonds is 5. The van der Waals surface area contributed by atoms with Crippen LogP contribution in [0.3, 0.4) is 0 Å². The quantitative estimate of drug-likeness (QED) is 0.568. The van der Waals surface area contributed by atoms with Crippen molar-refractivity contribution in [1.82, 2.24) is 14.5 Å². The van der Waals surface area contributed by atoms with Crippen molar-refractivity contribution in [3.05, 3.63) is 45.4 Å². The van der Waals surface area contributed by atoms with Crippen LogP contribution in [0.5, 0.6) is 0 Å². The van der Waals surface area contributed by atoms with Gasteiger partial charge in [0.1, 0.15) is 11.6 Å². The van der Waals surface area contributed by atoms with Crippen LogP contribution in [0.2, 0.25) is 5.02 Å². The van der Waals surface area contributed by atoms with Gasteiger partial charge in [0.05, 0.1) is 11.1 Å². The van der Waals surface area contributed by atoms with E-state index in [0.29, 0.717) is 6.04 Å². The molecule has 144 valence electrons. The fraction of sp³-hybridized carbons (Fsp3) is 0.455. The van der Waals surface area contributed by atoms with E-state index in [1.807, 2.05) is 19.1 Å². The molecule has 0 saturated carbocycles. The van der Waals surface area contributed by atoms with Crippen LogP contribution >= 0.6 is 11.6 Å². The molecule has 1 N–H and O–H groups in total. The van der Waals surface area contributed by atoms with Crippen LogP contribution in [-0.4, -0.2) is 20.6 Å². The Morgan fingerprint density at radius 1 is 1.00 bits per heavy atom. The van der Waals surface area contributed by atoms with Crippen molar-refractivity contribution in [3.8, 4) is 5.69 Å². The van der Waals surface area contributed by atoms with Gasteiger partial charge in [0.15, 0.2) is 5.65 Å². The lowest BCUT2D eigenvalue weighted by Crippen LogP contribution is -2.18. The van der Waals surface area contributed by atoms with Crippen molar-refractivity contribution >= 4 is 28.5 Å². The molecule has 1 aromatic carbocycles. The highest BCUT2D eigenvalue weighted by molar-refractivity contribution is 6.30. The highest BCUT2D eigenvalue weighted by Gasteiger charge is 2.21. The summed E-state index contributed by atoms with van der Waals surface area (Å²) in [6.07, 6.45) is 2.13. The van der Waals surface area contributed by atoms with Crippen molar-refractivity contribution in [2.75, 3.05) is 5.32 Å². The second-order valence-electron chi connectivity index (χ2n) is 7.41. The number of hydrogen-bond donors (Lipinski definition) is 1. The van der Waals surface area contributed by atoms with Gasteiger partial charge < -0.3 is 5.32 Å². The Balaban J connectivity index is 2.34. The third kappa shape index (κ3) is 3.43. The average molecular weight is 385 g/mol. The fourth-order valence-corrected chi connectivity index (χ4v) is 4.22. The van der Waals surface area contributed by atoms with E-state index >= 15 is 0 Å². The number of nitrogens with one attached hydrogen (secondary N) is 1. The number of hydrogen-bond acceptors (Lipinski definition) is 3. The molecule has 4 nitrogen and oxygen atoms in total. The van der Waals surface area contributed by atoms with Crippen LogP contribution in [-0.2, 0) is 0 Å². The molecular formula is C22H29ClN4. The third-order valence-electron chi connectivity index (χ3n) is 5.47. The fourth-order valence-electron chi connectivity index (χ4n) is 3.89. The zero-order valence-electron chi connectivity index (χ0n) is 17.4. The van der Waals surface area contributed by atoms with Crippen LogP contribution in [0.4, 0.5) is 5.82 Å². The highest BCUT2D eigenvalue weighted by atomic mass is 35.5. The summed E-state index contributed by atoms with van der Waals surface area (Å²) in [6.45, 7) is 14.9. The van der Waals surface area contributed by atoms with Gasteiger partial charge in [-0.2, -0.15) is 0 Å². The van der Waals surface area contributed by atoms with Crippen LogP contribution < -0.4 is 5.32 Å². The maximum atomic E-state index is 6.27. The molecule has 2 heterocycles. The Morgan fingerprint density at radius 3 is 2.15 bits per heavy atom. The number of aromatic nitrogens is 3. The normalized spacial score (nSPS) is 11.6. The predicted octanol–water partition coefficient (Wildman–Crippen LogP) is 6.22. The summed E-state index contributed by atoms with van der Waals surface area (Å²) in [5, 5.41) is 5.52. The van der Waals surface area contributed by atoms with Gasteiger partial charge in [-0.15, -0.1) is 0 Å². The summed E-state index contributed by atoms with van der Waals surface area (Å²) >= 11 is 6.27. The molecule has 0 unspecified atom stereocenters. The monoisotopic (exact) mass is 384 g/mol. The average Bonchev–Trinajstić information content (AvgIpc) is 2.83. The second kappa shape index (κ2) is 7.51. The minimum Gasteiger partial charge on any atom is -0.367 e. The first-order chi connectivity index (χ1) is 12.8. The summed E-state index contributed by atoms with van der Waals surface area (Å²) in [5.41, 5.74) is 6.80. The molecule has 0 saturated heterocycles. The molecule has 0 fully saturated rings. The van der Waals surface area contributed by atoms with E-state index < -0.39 is 0 Å². The van der Waals surface area contributed by atoms with Crippen molar-refractivity contribution in [1.29, 1.82) is 0 Å². The Bertz CT molecular complexity index is 976. The van der Waals surface area contributed by atoms with Gasteiger partial charge in [-0.1, -0.05) is 25.4 Å². The van der Waals surface area contributed by atoms with Gasteiger partial charge in [-0.05, 0) is 76.3 Å². The molecule has 0 spiro atoms. The number of halogens is 1. The number of fused-ring (bicyclic) bond motifs is 1. The van der Waals surface area contributed by atoms with E-state index in [4.69, 9.17) is 21.6 Å². The summed E-state index contributed by atoms with van der Waals surface area (Å²) < 4.78 is 2.26. The summed E-state index contributed by atoms with van der Waals surface area (Å²) in [5.74, 6) is 1.72. The minimum atomic E-state index is 0.407. The SMILES string of the molecule is CCC(CC)Nc1nc(C)nc2c1c(C)c(C)n2-c1c(C)cc(Cl)cc1C. The maximum Gasteiger partial charge on any atom is 0.150 e. The van der Waals surface area contributed by atoms with Gasteiger partial charge in [-0.3, -0.25) is 4.57 Å². The summed E-state index contributed by atoms with van der Waals surface area (Å²) in [7, 11) is 0. The van der Waals surface area contributed by atoms with Gasteiger partial charge in [0, 0.05) is 16.8 Å². The predicted molar refractivity (Wildman–Crippen MR) is 116 cm³/mol. The molecule has 27 heavy (non-hydrogen) atoms. The molecule has 5 heteroatoms. The minimum absolute atomic E-state index is 0.407. The summed E-state index contributed by atoms with van der Waals surface area (Å²) in [4.78, 5) is 9.59. The number of aryl methyl sites for hydroxylation is 4. The number of benzene rings is 1. The number of nitrogens with zero attached hydrogens (tertiary/aromatic N) is 3. The van der Waals surface area contributed by atoms with Gasteiger partial charge in [-0.25, -0.2) is 9.97 Å². The molecule has 0 amide bonds. The molecule has 0 aliphatic rings. The molecule has 3 aromatic rings. The van der Waals surface area contributed by atoms with Crippen molar-refractivity contribution < 1.29 is 0 Å². The van der Waals surface area contributed by atoms with Crippen LogP contribution in [0.25, 0.3) is 16.7 Å². The molecule has 0 bridgehead atoms. The molecule has 0 aliphatic carbocycles. The molecule has 3 rings (SSSR count). The molecule has 0 aliphatic heterocycles. The van der Waals surface area contributed by atoms with E-state index in [9.17, 15) is 0 Å². The first-order valence-corrected chi connectivity index (χ1v) is 10.1. The van der Waals surface area contributed by atoms with Crippen LogP contribution in [0.15, 0.2) is 12.1 Å². The lowest BCUT2D eigenvalue weighted by atomic mass is 10.1. The Hall–Kier alpha value is -2.07. The standard InChI is InChI=1S/C22H29ClN4/c1-8-18(9-2)26-21-19-14(5)15(6)27(22(19)25-16(7)24-21)20-12(3)10-17(23)11-13(20)4/h10-11,18H,8-9H2,1-7H3,(H,24,25,26). The highest BCUT2D eigenvalue weighted by Crippen LogP contribution is 2.35. The van der Waals surface area contributed by atoms with E-state index in [0.717, 1.165) is 57.4 Å². The molecule has 2 aromatic heterocycles. The smallest absolute Gasteiger partial charge is 0.150 e. The number of anilines is 1. The van der Waals surface area contributed by atoms with E-state index in [2.05, 4.69) is 51.4 Å². The van der Waals surface area contributed by atoms with Gasteiger partial charge >= 0.3 is 0 Å². The van der Waals surface area contributed by atoms with Crippen LogP contribution in [0, 0.1) is 34.6 Å². The largest absolute Gasteiger partial charge is 0.367 e. The van der Waals surface area contributed by atoms with E-state index in [1.54, 1.807) is 0 Å². The van der Waals surface area contributed by atoms with Gasteiger partial charge in [0.2, 0.25) is 0 Å². The zero-order valence-corrected chi connectivity index (χ0v) is 18.1. The second-order valence-corrected chi connectivity index (χ2v) is 7.85. The molecule has 0 radical (unpaired) electrons. The topological polar surface area (TPSA) is 42.7 Å². The molecular weight excluding hydrogens is 356 g/mol. The molecule has 0 atom stereocenters. The maximum absolute atomic E-state index is 6.27. The third-order valence-corrected chi connectivity index (χ3v) is 5.69. The first kappa shape index (κ1) is 19.7. The van der Waals surface area contributed by atoms with Crippen molar-refractivity contribution in [2.24, 2.45) is 0 Å². The first-order valence-electron chi connectivity index (χ1n) is 9.68. The van der Waals surface area contributed by atoms with Gasteiger partial charge in [0.25, 0.3) is 0 Å². The Labute approximate surface area is 167 Å². The van der Waals surface area contributed by atoms with Crippen molar-refractivity contribution in [2.45, 2.75) is 67.3 Å². The van der Waals surface area contributed by atoms with E-state index in [1.165, 1.54) is 11.3 Å². The lowest BCUT2D eigenvalue weighted by Gasteiger charge is -2.17. The van der Waals surface area contributed by atoms with Crippen LogP contribution in [0.1, 0.15) is 54.9 Å². The van der Waals surface area contributed by atoms with E-state index in [-0.39, 0.29) is 0 Å². The summed E-state index contributed by atoms with van der Waals surface area (Å²) in [6, 6.07) is 4.44. The lowest BCUT2D eigenvalue weighted by molar-refractivity contribution is 0.669. The van der Waals surface area contributed by atoms with Crippen molar-refractivity contribution in [3.63, 3.8) is 0 Å². The Morgan fingerprint density at radius 2 is 1.59 bits per heavy atom. The Kier molecular flexibility index (Phi) is 5.48.